The molecule has 8 heteroatoms. The van der Waals surface area contributed by atoms with Crippen molar-refractivity contribution in [2.75, 3.05) is 13.1 Å². The molecule has 3 heterocycles. The van der Waals surface area contributed by atoms with Crippen molar-refractivity contribution in [3.8, 4) is 5.88 Å². The number of hydrogen-bond donors (Lipinski definition) is 3. The number of H-pyrrole nitrogens is 1. The SMILES string of the molecule is Cn1cc(C(=Nc2cccc(CN3CCCCC3)c2)c2c(O)[nH]c3ccc(C(=O)O)cc23)cn1. The Labute approximate surface area is 197 Å². The van der Waals surface area contributed by atoms with Crippen LogP contribution in [-0.2, 0) is 13.6 Å². The number of hydrogen-bond acceptors (Lipinski definition) is 5. The lowest BCUT2D eigenvalue weighted by atomic mass is 10.0. The summed E-state index contributed by atoms with van der Waals surface area (Å²) in [7, 11) is 1.82. The molecule has 0 radical (unpaired) electrons. The summed E-state index contributed by atoms with van der Waals surface area (Å²) in [6.07, 6.45) is 7.29. The first kappa shape index (κ1) is 21.9. The number of likely N-dealkylation sites (tertiary alicyclic amines) is 1. The molecule has 1 saturated heterocycles. The molecule has 0 aliphatic carbocycles. The van der Waals surface area contributed by atoms with Crippen LogP contribution in [0.5, 0.6) is 5.88 Å². The van der Waals surface area contributed by atoms with Crippen molar-refractivity contribution in [2.45, 2.75) is 25.8 Å². The van der Waals surface area contributed by atoms with Crippen LogP contribution < -0.4 is 0 Å². The van der Waals surface area contributed by atoms with Gasteiger partial charge in [0.05, 0.1) is 28.7 Å². The number of aromatic nitrogens is 3. The number of aromatic hydroxyl groups is 1. The second-order valence-corrected chi connectivity index (χ2v) is 8.78. The summed E-state index contributed by atoms with van der Waals surface area (Å²) in [6, 6.07) is 12.8. The maximum absolute atomic E-state index is 11.6. The van der Waals surface area contributed by atoms with E-state index in [0.29, 0.717) is 22.2 Å². The molecule has 8 nitrogen and oxygen atoms in total. The molecule has 34 heavy (non-hydrogen) atoms. The number of aromatic carboxylic acids is 1. The summed E-state index contributed by atoms with van der Waals surface area (Å²) in [6.45, 7) is 3.11. The summed E-state index contributed by atoms with van der Waals surface area (Å²) < 4.78 is 1.67. The van der Waals surface area contributed by atoms with Crippen LogP contribution in [0.15, 0.2) is 59.9 Å². The first-order chi connectivity index (χ1) is 16.5. The monoisotopic (exact) mass is 457 g/mol. The van der Waals surface area contributed by atoms with Crippen molar-refractivity contribution < 1.29 is 15.0 Å². The number of piperidine rings is 1. The molecule has 174 valence electrons. The minimum atomic E-state index is -1.03. The van der Waals surface area contributed by atoms with Gasteiger partial charge in [-0.1, -0.05) is 18.6 Å². The Balaban J connectivity index is 1.61. The number of carboxylic acids is 1. The third-order valence-electron chi connectivity index (χ3n) is 6.25. The van der Waals surface area contributed by atoms with Gasteiger partial charge in [-0.15, -0.1) is 0 Å². The highest BCUT2D eigenvalue weighted by molar-refractivity contribution is 6.22. The molecule has 1 aliphatic heterocycles. The molecular formula is C26H27N5O3. The highest BCUT2D eigenvalue weighted by Crippen LogP contribution is 2.32. The molecule has 0 saturated carbocycles. The van der Waals surface area contributed by atoms with Crippen LogP contribution in [0.3, 0.4) is 0 Å². The average Bonchev–Trinajstić information content (AvgIpc) is 3.40. The summed E-state index contributed by atoms with van der Waals surface area (Å²) in [5.41, 5.74) is 4.42. The van der Waals surface area contributed by atoms with Crippen molar-refractivity contribution in [3.05, 3.63) is 77.1 Å². The maximum Gasteiger partial charge on any atom is 0.335 e. The molecule has 2 aromatic heterocycles. The predicted octanol–water partition coefficient (Wildman–Crippen LogP) is 4.46. The lowest BCUT2D eigenvalue weighted by Crippen LogP contribution is -2.28. The minimum absolute atomic E-state index is 0.0652. The molecule has 0 amide bonds. The summed E-state index contributed by atoms with van der Waals surface area (Å²) in [5, 5.41) is 25.2. The van der Waals surface area contributed by atoms with Gasteiger partial charge in [-0.25, -0.2) is 9.79 Å². The molecule has 0 unspecified atom stereocenters. The normalized spacial score (nSPS) is 15.1. The van der Waals surface area contributed by atoms with Gasteiger partial charge in [0.2, 0.25) is 0 Å². The Hall–Kier alpha value is -3.91. The lowest BCUT2D eigenvalue weighted by molar-refractivity contribution is 0.0697. The molecule has 5 rings (SSSR count). The number of nitrogens with zero attached hydrogens (tertiary/aromatic N) is 4. The van der Waals surface area contributed by atoms with Crippen LogP contribution in [0.4, 0.5) is 5.69 Å². The third-order valence-corrected chi connectivity index (χ3v) is 6.25. The van der Waals surface area contributed by atoms with E-state index in [-0.39, 0.29) is 11.4 Å². The molecule has 0 bridgehead atoms. The highest BCUT2D eigenvalue weighted by atomic mass is 16.4. The third kappa shape index (κ3) is 4.45. The fraction of sp³-hybridized carbons (Fsp3) is 0.269. The zero-order valence-electron chi connectivity index (χ0n) is 19.0. The van der Waals surface area contributed by atoms with E-state index in [9.17, 15) is 15.0 Å². The van der Waals surface area contributed by atoms with Gasteiger partial charge in [0, 0.05) is 36.3 Å². The van der Waals surface area contributed by atoms with E-state index < -0.39 is 5.97 Å². The van der Waals surface area contributed by atoms with Gasteiger partial charge in [0.1, 0.15) is 0 Å². The first-order valence-corrected chi connectivity index (χ1v) is 11.5. The zero-order valence-corrected chi connectivity index (χ0v) is 19.0. The first-order valence-electron chi connectivity index (χ1n) is 11.5. The van der Waals surface area contributed by atoms with E-state index in [1.807, 2.05) is 25.4 Å². The minimum Gasteiger partial charge on any atom is -0.494 e. The van der Waals surface area contributed by atoms with Gasteiger partial charge < -0.3 is 15.2 Å². The number of aryl methyl sites for hydroxylation is 1. The van der Waals surface area contributed by atoms with Crippen LogP contribution in [0.25, 0.3) is 10.9 Å². The molecule has 0 atom stereocenters. The number of nitrogens with one attached hydrogen (secondary N) is 1. The van der Waals surface area contributed by atoms with E-state index in [1.165, 1.54) is 30.9 Å². The summed E-state index contributed by atoms with van der Waals surface area (Å²) in [5.74, 6) is -1.09. The van der Waals surface area contributed by atoms with E-state index in [1.54, 1.807) is 23.0 Å². The summed E-state index contributed by atoms with van der Waals surface area (Å²) in [4.78, 5) is 21.9. The standard InChI is InChI=1S/C26H27N5O3/c1-30-16-19(14-27-30)24(23-21-13-18(26(33)34)8-9-22(21)29-25(23)32)28-20-7-5-6-17(12-20)15-31-10-3-2-4-11-31/h5-9,12-14,16,29,32H,2-4,10-11,15H2,1H3,(H,33,34). The van der Waals surface area contributed by atoms with E-state index in [2.05, 4.69) is 27.1 Å². The number of benzene rings is 2. The number of aromatic amines is 1. The van der Waals surface area contributed by atoms with Crippen LogP contribution >= 0.6 is 0 Å². The van der Waals surface area contributed by atoms with Gasteiger partial charge in [-0.3, -0.25) is 9.58 Å². The largest absolute Gasteiger partial charge is 0.494 e. The van der Waals surface area contributed by atoms with Gasteiger partial charge in [-0.2, -0.15) is 5.10 Å². The smallest absolute Gasteiger partial charge is 0.335 e. The maximum atomic E-state index is 11.6. The average molecular weight is 458 g/mol. The fourth-order valence-corrected chi connectivity index (χ4v) is 4.59. The second kappa shape index (κ2) is 9.15. The van der Waals surface area contributed by atoms with Crippen molar-refractivity contribution in [1.29, 1.82) is 0 Å². The molecule has 1 aliphatic rings. The topological polar surface area (TPSA) is 107 Å². The molecule has 0 spiro atoms. The number of rotatable bonds is 6. The molecule has 4 aromatic rings. The summed E-state index contributed by atoms with van der Waals surface area (Å²) >= 11 is 0. The van der Waals surface area contributed by atoms with Gasteiger partial charge in [0.25, 0.3) is 0 Å². The molecule has 2 aromatic carbocycles. The van der Waals surface area contributed by atoms with Crippen LogP contribution in [0.2, 0.25) is 0 Å². The second-order valence-electron chi connectivity index (χ2n) is 8.78. The Kier molecular flexibility index (Phi) is 5.90. The van der Waals surface area contributed by atoms with Crippen LogP contribution in [-0.4, -0.2) is 54.6 Å². The van der Waals surface area contributed by atoms with E-state index in [4.69, 9.17) is 4.99 Å². The number of aliphatic imine (C=N–C) groups is 1. The Morgan fingerprint density at radius 1 is 1.12 bits per heavy atom. The van der Waals surface area contributed by atoms with Crippen LogP contribution in [0.1, 0.15) is 46.3 Å². The highest BCUT2D eigenvalue weighted by Gasteiger charge is 2.21. The zero-order chi connectivity index (χ0) is 23.7. The number of carbonyl (C=O) groups is 1. The Morgan fingerprint density at radius 3 is 2.68 bits per heavy atom. The van der Waals surface area contributed by atoms with Crippen LogP contribution in [0, 0.1) is 0 Å². The molecular weight excluding hydrogens is 430 g/mol. The van der Waals surface area contributed by atoms with Crippen molar-refractivity contribution in [1.82, 2.24) is 19.7 Å². The molecule has 3 N–H and O–H groups in total. The van der Waals surface area contributed by atoms with Crippen molar-refractivity contribution in [3.63, 3.8) is 0 Å². The molecule has 1 fully saturated rings. The Bertz CT molecular complexity index is 1380. The van der Waals surface area contributed by atoms with Gasteiger partial charge in [-0.05, 0) is 61.8 Å². The van der Waals surface area contributed by atoms with Gasteiger partial charge in [0.15, 0.2) is 5.88 Å². The fourth-order valence-electron chi connectivity index (χ4n) is 4.59. The number of carboxylic acid groups (broad SMARTS) is 1. The van der Waals surface area contributed by atoms with Gasteiger partial charge >= 0.3 is 5.97 Å². The van der Waals surface area contributed by atoms with E-state index >= 15 is 0 Å². The van der Waals surface area contributed by atoms with Crippen molar-refractivity contribution in [2.24, 2.45) is 12.0 Å². The van der Waals surface area contributed by atoms with E-state index in [0.717, 1.165) is 30.9 Å². The number of fused-ring (bicyclic) bond motifs is 1. The predicted molar refractivity (Wildman–Crippen MR) is 131 cm³/mol. The quantitative estimate of drug-likeness (QED) is 0.371. The lowest BCUT2D eigenvalue weighted by Gasteiger charge is -2.26. The Morgan fingerprint density at radius 2 is 1.94 bits per heavy atom. The van der Waals surface area contributed by atoms with Crippen molar-refractivity contribution >= 4 is 28.3 Å².